The minimum absolute atomic E-state index is 0.558. The van der Waals surface area contributed by atoms with Crippen molar-refractivity contribution in [2.75, 3.05) is 26.6 Å². The molecule has 0 fully saturated rings. The lowest BCUT2D eigenvalue weighted by Gasteiger charge is -2.14. The van der Waals surface area contributed by atoms with E-state index in [4.69, 9.17) is 14.2 Å². The highest BCUT2D eigenvalue weighted by molar-refractivity contribution is 5.83. The Bertz CT molecular complexity index is 1150. The van der Waals surface area contributed by atoms with Gasteiger partial charge in [0.15, 0.2) is 11.5 Å². The molecule has 8 heteroatoms. The average Bonchev–Trinajstić information content (AvgIpc) is 3.16. The molecule has 2 aromatic carbocycles. The van der Waals surface area contributed by atoms with Gasteiger partial charge in [-0.15, -0.1) is 0 Å². The Labute approximate surface area is 168 Å². The fourth-order valence-corrected chi connectivity index (χ4v) is 3.13. The van der Waals surface area contributed by atoms with Gasteiger partial charge in [-0.1, -0.05) is 6.07 Å². The van der Waals surface area contributed by atoms with Gasteiger partial charge in [-0.05, 0) is 35.4 Å². The van der Waals surface area contributed by atoms with Crippen LogP contribution in [0, 0.1) is 0 Å². The summed E-state index contributed by atoms with van der Waals surface area (Å²) in [7, 11) is 6.65. The molecule has 0 aliphatic rings. The second-order valence-electron chi connectivity index (χ2n) is 6.40. The molecule has 0 spiro atoms. The summed E-state index contributed by atoms with van der Waals surface area (Å²) in [6, 6.07) is 9.74. The summed E-state index contributed by atoms with van der Waals surface area (Å²) in [6.45, 7) is 0. The fourth-order valence-electron chi connectivity index (χ4n) is 3.13. The number of anilines is 2. The Balaban J connectivity index is 1.74. The van der Waals surface area contributed by atoms with E-state index in [0.29, 0.717) is 23.1 Å². The van der Waals surface area contributed by atoms with E-state index in [-0.39, 0.29) is 0 Å². The van der Waals surface area contributed by atoms with Gasteiger partial charge in [0.25, 0.3) is 0 Å². The van der Waals surface area contributed by atoms with E-state index in [1.807, 2.05) is 43.6 Å². The van der Waals surface area contributed by atoms with E-state index >= 15 is 0 Å². The van der Waals surface area contributed by atoms with E-state index in [1.54, 1.807) is 38.4 Å². The van der Waals surface area contributed by atoms with Gasteiger partial charge in [-0.3, -0.25) is 9.67 Å². The molecule has 2 aromatic heterocycles. The van der Waals surface area contributed by atoms with E-state index in [0.717, 1.165) is 27.8 Å². The van der Waals surface area contributed by atoms with Crippen LogP contribution in [0.3, 0.4) is 0 Å². The average molecular weight is 391 g/mol. The van der Waals surface area contributed by atoms with Gasteiger partial charge in [0, 0.05) is 13.2 Å². The molecule has 0 aliphatic heterocycles. The van der Waals surface area contributed by atoms with Crippen molar-refractivity contribution in [3.05, 3.63) is 48.9 Å². The minimum Gasteiger partial charge on any atom is -0.493 e. The molecule has 0 bridgehead atoms. The van der Waals surface area contributed by atoms with Gasteiger partial charge in [-0.25, -0.2) is 4.98 Å². The molecule has 148 valence electrons. The molecule has 0 amide bonds. The Morgan fingerprint density at radius 1 is 0.862 bits per heavy atom. The summed E-state index contributed by atoms with van der Waals surface area (Å²) < 4.78 is 18.1. The van der Waals surface area contributed by atoms with Crippen LogP contribution in [0.1, 0.15) is 0 Å². The Hall–Kier alpha value is -3.81. The maximum atomic E-state index is 5.46. The van der Waals surface area contributed by atoms with Crippen LogP contribution in [-0.4, -0.2) is 41.1 Å². The van der Waals surface area contributed by atoms with Crippen molar-refractivity contribution in [3.8, 4) is 28.4 Å². The van der Waals surface area contributed by atoms with Crippen LogP contribution in [0.5, 0.6) is 17.2 Å². The summed E-state index contributed by atoms with van der Waals surface area (Å²) >= 11 is 0. The van der Waals surface area contributed by atoms with Crippen molar-refractivity contribution in [1.29, 1.82) is 0 Å². The first-order valence-electron chi connectivity index (χ1n) is 8.94. The Morgan fingerprint density at radius 2 is 1.62 bits per heavy atom. The van der Waals surface area contributed by atoms with Crippen LogP contribution in [0.25, 0.3) is 22.2 Å². The first-order chi connectivity index (χ1) is 14.1. The number of hydrogen-bond acceptors (Lipinski definition) is 7. The Kier molecular flexibility index (Phi) is 4.90. The van der Waals surface area contributed by atoms with Crippen molar-refractivity contribution in [1.82, 2.24) is 19.7 Å². The van der Waals surface area contributed by atoms with Gasteiger partial charge in [-0.2, -0.15) is 5.10 Å². The summed E-state index contributed by atoms with van der Waals surface area (Å²) in [5, 5.41) is 7.36. The number of benzene rings is 2. The molecule has 0 unspecified atom stereocenters. The third-order valence-electron chi connectivity index (χ3n) is 4.52. The number of rotatable bonds is 6. The molecule has 0 atom stereocenters. The number of ether oxygens (including phenoxy) is 3. The topological polar surface area (TPSA) is 83.3 Å². The van der Waals surface area contributed by atoms with E-state index in [9.17, 15) is 0 Å². The zero-order valence-electron chi connectivity index (χ0n) is 16.6. The number of aryl methyl sites for hydroxylation is 1. The molecule has 0 radical (unpaired) electrons. The van der Waals surface area contributed by atoms with Crippen LogP contribution >= 0.6 is 0 Å². The lowest BCUT2D eigenvalue weighted by atomic mass is 10.0. The summed E-state index contributed by atoms with van der Waals surface area (Å²) in [5.74, 6) is 2.40. The number of nitrogens with one attached hydrogen (secondary N) is 1. The maximum absolute atomic E-state index is 5.46. The summed E-state index contributed by atoms with van der Waals surface area (Å²) in [6.07, 6.45) is 5.31. The molecule has 0 saturated carbocycles. The number of nitrogens with zero attached hydrogens (tertiary/aromatic N) is 4. The predicted molar refractivity (Wildman–Crippen MR) is 111 cm³/mol. The third kappa shape index (κ3) is 3.64. The highest BCUT2D eigenvalue weighted by Gasteiger charge is 2.14. The quantitative estimate of drug-likeness (QED) is 0.535. The molecule has 0 saturated heterocycles. The van der Waals surface area contributed by atoms with Gasteiger partial charge in [0.05, 0.1) is 50.4 Å². The SMILES string of the molecule is COc1cc(-c2ccc3ncc(Nc4cnn(C)c4)nc3c2)cc(OC)c1OC. The molecule has 2 heterocycles. The van der Waals surface area contributed by atoms with Crippen molar-refractivity contribution in [2.45, 2.75) is 0 Å². The monoisotopic (exact) mass is 391 g/mol. The van der Waals surface area contributed by atoms with Crippen LogP contribution in [-0.2, 0) is 7.05 Å². The second-order valence-corrected chi connectivity index (χ2v) is 6.40. The standard InChI is InChI=1S/C21H21N5O3/c1-26-12-15(10-23-26)24-20-11-22-16-6-5-13(7-17(16)25-20)14-8-18(27-2)21(29-4)19(9-14)28-3/h5-12H,1-4H3,(H,24,25). The van der Waals surface area contributed by atoms with Crippen LogP contribution in [0.2, 0.25) is 0 Å². The molecule has 0 aliphatic carbocycles. The van der Waals surface area contributed by atoms with Crippen molar-refractivity contribution in [3.63, 3.8) is 0 Å². The highest BCUT2D eigenvalue weighted by atomic mass is 16.5. The number of aromatic nitrogens is 4. The smallest absolute Gasteiger partial charge is 0.203 e. The molecule has 8 nitrogen and oxygen atoms in total. The first-order valence-corrected chi connectivity index (χ1v) is 8.94. The van der Waals surface area contributed by atoms with Crippen molar-refractivity contribution >= 4 is 22.5 Å². The number of hydrogen-bond donors (Lipinski definition) is 1. The zero-order chi connectivity index (χ0) is 20.4. The summed E-state index contributed by atoms with van der Waals surface area (Å²) in [4.78, 5) is 9.18. The van der Waals surface area contributed by atoms with Gasteiger partial charge < -0.3 is 19.5 Å². The second kappa shape index (κ2) is 7.67. The molecule has 4 aromatic rings. The van der Waals surface area contributed by atoms with Gasteiger partial charge in [0.2, 0.25) is 5.75 Å². The highest BCUT2D eigenvalue weighted by Crippen LogP contribution is 2.41. The third-order valence-corrected chi connectivity index (χ3v) is 4.52. The molecular formula is C21H21N5O3. The molecule has 1 N–H and O–H groups in total. The lowest BCUT2D eigenvalue weighted by molar-refractivity contribution is 0.324. The summed E-state index contributed by atoms with van der Waals surface area (Å²) in [5.41, 5.74) is 4.31. The van der Waals surface area contributed by atoms with Crippen LogP contribution in [0.4, 0.5) is 11.5 Å². The van der Waals surface area contributed by atoms with Gasteiger partial charge in [0.1, 0.15) is 5.82 Å². The molecule has 4 rings (SSSR count). The normalized spacial score (nSPS) is 10.8. The maximum Gasteiger partial charge on any atom is 0.203 e. The van der Waals surface area contributed by atoms with Crippen molar-refractivity contribution in [2.24, 2.45) is 7.05 Å². The van der Waals surface area contributed by atoms with Crippen molar-refractivity contribution < 1.29 is 14.2 Å². The van der Waals surface area contributed by atoms with E-state index in [1.165, 1.54) is 0 Å². The molecular weight excluding hydrogens is 370 g/mol. The fraction of sp³-hybridized carbons (Fsp3) is 0.190. The van der Waals surface area contributed by atoms with E-state index < -0.39 is 0 Å². The Morgan fingerprint density at radius 3 is 2.24 bits per heavy atom. The zero-order valence-corrected chi connectivity index (χ0v) is 16.6. The minimum atomic E-state index is 0.558. The predicted octanol–water partition coefficient (Wildman–Crippen LogP) is 3.80. The van der Waals surface area contributed by atoms with Gasteiger partial charge >= 0.3 is 0 Å². The number of methoxy groups -OCH3 is 3. The largest absolute Gasteiger partial charge is 0.493 e. The number of fused-ring (bicyclic) bond motifs is 1. The van der Waals surface area contributed by atoms with Crippen LogP contribution in [0.15, 0.2) is 48.9 Å². The molecule has 29 heavy (non-hydrogen) atoms. The van der Waals surface area contributed by atoms with E-state index in [2.05, 4.69) is 20.4 Å². The lowest BCUT2D eigenvalue weighted by Crippen LogP contribution is -1.96. The van der Waals surface area contributed by atoms with Crippen LogP contribution < -0.4 is 19.5 Å². The first kappa shape index (κ1) is 18.5.